The first kappa shape index (κ1) is 14.4. The molecule has 0 unspecified atom stereocenters. The molecular formula is C16H26N2O. The van der Waals surface area contributed by atoms with Gasteiger partial charge in [0.15, 0.2) is 0 Å². The van der Waals surface area contributed by atoms with E-state index in [1.54, 1.807) is 0 Å². The minimum Gasteiger partial charge on any atom is -0.490 e. The molecule has 1 aromatic carbocycles. The average Bonchev–Trinajstić information content (AvgIpc) is 2.39. The predicted molar refractivity (Wildman–Crippen MR) is 79.8 cm³/mol. The second-order valence-electron chi connectivity index (χ2n) is 5.70. The van der Waals surface area contributed by atoms with E-state index in [4.69, 9.17) is 4.74 Å². The maximum Gasteiger partial charge on any atom is 0.127 e. The number of rotatable bonds is 4. The zero-order valence-electron chi connectivity index (χ0n) is 12.6. The summed E-state index contributed by atoms with van der Waals surface area (Å²) in [6, 6.07) is 4.37. The molecule has 3 heteroatoms. The van der Waals surface area contributed by atoms with Crippen molar-refractivity contribution in [2.75, 3.05) is 26.2 Å². The highest BCUT2D eigenvalue weighted by Gasteiger charge is 2.16. The smallest absolute Gasteiger partial charge is 0.127 e. The minimum atomic E-state index is 0.224. The maximum atomic E-state index is 6.06. The fraction of sp³-hybridized carbons (Fsp3) is 0.625. The van der Waals surface area contributed by atoms with Crippen LogP contribution in [0.4, 0.5) is 0 Å². The van der Waals surface area contributed by atoms with E-state index in [0.717, 1.165) is 38.5 Å². The summed E-state index contributed by atoms with van der Waals surface area (Å²) in [6.45, 7) is 13.9. The molecule has 0 aliphatic carbocycles. The zero-order valence-corrected chi connectivity index (χ0v) is 12.6. The molecule has 0 spiro atoms. The summed E-state index contributed by atoms with van der Waals surface area (Å²) in [5.74, 6) is 1.09. The van der Waals surface area contributed by atoms with E-state index >= 15 is 0 Å². The van der Waals surface area contributed by atoms with Gasteiger partial charge in [-0.15, -0.1) is 0 Å². The van der Waals surface area contributed by atoms with Gasteiger partial charge < -0.3 is 10.1 Å². The fourth-order valence-corrected chi connectivity index (χ4v) is 2.53. The summed E-state index contributed by atoms with van der Waals surface area (Å²) in [5, 5.41) is 3.40. The Labute approximate surface area is 116 Å². The third-order valence-electron chi connectivity index (χ3n) is 3.64. The molecule has 2 rings (SSSR count). The minimum absolute atomic E-state index is 0.224. The van der Waals surface area contributed by atoms with E-state index < -0.39 is 0 Å². The molecule has 1 heterocycles. The first-order chi connectivity index (χ1) is 9.08. The van der Waals surface area contributed by atoms with Gasteiger partial charge in [-0.2, -0.15) is 0 Å². The van der Waals surface area contributed by atoms with Crippen molar-refractivity contribution in [3.8, 4) is 5.75 Å². The van der Waals surface area contributed by atoms with E-state index in [9.17, 15) is 0 Å². The van der Waals surface area contributed by atoms with E-state index in [0.29, 0.717) is 0 Å². The molecule has 0 aromatic heterocycles. The highest BCUT2D eigenvalue weighted by Crippen LogP contribution is 2.29. The predicted octanol–water partition coefficient (Wildman–Crippen LogP) is 2.50. The van der Waals surface area contributed by atoms with Crippen LogP contribution in [0.1, 0.15) is 30.5 Å². The van der Waals surface area contributed by atoms with Crippen molar-refractivity contribution >= 4 is 0 Å². The zero-order chi connectivity index (χ0) is 13.8. The van der Waals surface area contributed by atoms with Crippen molar-refractivity contribution in [3.63, 3.8) is 0 Å². The molecule has 0 bridgehead atoms. The van der Waals surface area contributed by atoms with Crippen LogP contribution in [0.3, 0.4) is 0 Å². The fourth-order valence-electron chi connectivity index (χ4n) is 2.53. The first-order valence-corrected chi connectivity index (χ1v) is 7.26. The Balaban J connectivity index is 2.23. The van der Waals surface area contributed by atoms with Gasteiger partial charge in [-0.1, -0.05) is 12.1 Å². The van der Waals surface area contributed by atoms with E-state index in [1.165, 1.54) is 16.7 Å². The molecule has 1 aromatic rings. The molecule has 0 atom stereocenters. The van der Waals surface area contributed by atoms with Crippen molar-refractivity contribution in [1.29, 1.82) is 0 Å². The number of nitrogens with one attached hydrogen (secondary N) is 1. The van der Waals surface area contributed by atoms with Gasteiger partial charge >= 0.3 is 0 Å². The van der Waals surface area contributed by atoms with Crippen molar-refractivity contribution in [3.05, 3.63) is 28.8 Å². The molecule has 1 saturated heterocycles. The Bertz CT molecular complexity index is 423. The molecule has 1 aliphatic heterocycles. The van der Waals surface area contributed by atoms with Crippen molar-refractivity contribution < 1.29 is 4.74 Å². The van der Waals surface area contributed by atoms with Gasteiger partial charge in [0.1, 0.15) is 5.75 Å². The third kappa shape index (κ3) is 3.71. The lowest BCUT2D eigenvalue weighted by molar-refractivity contribution is 0.213. The number of nitrogens with zero attached hydrogens (tertiary/aromatic N) is 1. The summed E-state index contributed by atoms with van der Waals surface area (Å²) in [7, 11) is 0. The largest absolute Gasteiger partial charge is 0.490 e. The van der Waals surface area contributed by atoms with Crippen LogP contribution in [-0.4, -0.2) is 37.2 Å². The highest BCUT2D eigenvalue weighted by atomic mass is 16.5. The summed E-state index contributed by atoms with van der Waals surface area (Å²) in [4.78, 5) is 2.51. The van der Waals surface area contributed by atoms with Gasteiger partial charge in [-0.3, -0.25) is 4.90 Å². The van der Waals surface area contributed by atoms with Crippen molar-refractivity contribution in [2.24, 2.45) is 0 Å². The second-order valence-corrected chi connectivity index (χ2v) is 5.70. The molecule has 1 N–H and O–H groups in total. The lowest BCUT2D eigenvalue weighted by Gasteiger charge is -2.29. The number of ether oxygens (including phenoxy) is 1. The van der Waals surface area contributed by atoms with Gasteiger partial charge in [0.05, 0.1) is 6.10 Å². The first-order valence-electron chi connectivity index (χ1n) is 7.26. The quantitative estimate of drug-likeness (QED) is 0.902. The van der Waals surface area contributed by atoms with Crippen LogP contribution in [0.5, 0.6) is 5.75 Å². The molecule has 0 radical (unpaired) electrons. The normalized spacial score (nSPS) is 16.9. The number of piperazine rings is 1. The highest BCUT2D eigenvalue weighted by molar-refractivity contribution is 5.45. The van der Waals surface area contributed by atoms with E-state index in [1.807, 2.05) is 0 Å². The molecule has 19 heavy (non-hydrogen) atoms. The van der Waals surface area contributed by atoms with Gasteiger partial charge in [-0.25, -0.2) is 0 Å². The molecule has 1 fully saturated rings. The summed E-state index contributed by atoms with van der Waals surface area (Å²) >= 11 is 0. The Morgan fingerprint density at radius 3 is 2.42 bits per heavy atom. The number of hydrogen-bond acceptors (Lipinski definition) is 3. The lowest BCUT2D eigenvalue weighted by atomic mass is 10.0. The lowest BCUT2D eigenvalue weighted by Crippen LogP contribution is -2.43. The van der Waals surface area contributed by atoms with Crippen LogP contribution >= 0.6 is 0 Å². The SMILES string of the molecule is Cc1ccc(C)c(OC(C)C)c1CN1CCNCC1. The number of benzene rings is 1. The van der Waals surface area contributed by atoms with Crippen LogP contribution in [0.2, 0.25) is 0 Å². The Hall–Kier alpha value is -1.06. The standard InChI is InChI=1S/C16H26N2O/c1-12(2)19-16-14(4)6-5-13(3)15(16)11-18-9-7-17-8-10-18/h5-6,12,17H,7-11H2,1-4H3. The van der Waals surface area contributed by atoms with Crippen LogP contribution in [0, 0.1) is 13.8 Å². The van der Waals surface area contributed by atoms with E-state index in [-0.39, 0.29) is 6.10 Å². The van der Waals surface area contributed by atoms with Crippen LogP contribution < -0.4 is 10.1 Å². The summed E-state index contributed by atoms with van der Waals surface area (Å²) < 4.78 is 6.06. The molecule has 0 amide bonds. The molecule has 3 nitrogen and oxygen atoms in total. The number of aryl methyl sites for hydroxylation is 2. The number of hydrogen-bond donors (Lipinski definition) is 1. The molecule has 1 aliphatic rings. The van der Waals surface area contributed by atoms with Gasteiger partial charge in [0, 0.05) is 38.3 Å². The summed E-state index contributed by atoms with van der Waals surface area (Å²) in [6.07, 6.45) is 0.224. The second kappa shape index (κ2) is 6.40. The van der Waals surface area contributed by atoms with Crippen LogP contribution in [0.25, 0.3) is 0 Å². The average molecular weight is 262 g/mol. The van der Waals surface area contributed by atoms with Gasteiger partial charge in [-0.05, 0) is 38.8 Å². The van der Waals surface area contributed by atoms with Gasteiger partial charge in [0.25, 0.3) is 0 Å². The Morgan fingerprint density at radius 1 is 1.16 bits per heavy atom. The maximum absolute atomic E-state index is 6.06. The van der Waals surface area contributed by atoms with Gasteiger partial charge in [0.2, 0.25) is 0 Å². The third-order valence-corrected chi connectivity index (χ3v) is 3.64. The Kier molecular flexibility index (Phi) is 4.83. The summed E-state index contributed by atoms with van der Waals surface area (Å²) in [5.41, 5.74) is 3.93. The topological polar surface area (TPSA) is 24.5 Å². The molecule has 106 valence electrons. The Morgan fingerprint density at radius 2 is 1.79 bits per heavy atom. The monoisotopic (exact) mass is 262 g/mol. The van der Waals surface area contributed by atoms with Crippen LogP contribution in [0.15, 0.2) is 12.1 Å². The van der Waals surface area contributed by atoms with Crippen molar-refractivity contribution in [2.45, 2.75) is 40.3 Å². The van der Waals surface area contributed by atoms with Crippen LogP contribution in [-0.2, 0) is 6.54 Å². The van der Waals surface area contributed by atoms with E-state index in [2.05, 4.69) is 50.0 Å². The molecular weight excluding hydrogens is 236 g/mol. The van der Waals surface area contributed by atoms with Crippen molar-refractivity contribution in [1.82, 2.24) is 10.2 Å². The molecule has 0 saturated carbocycles.